The SMILES string of the molecule is Cc1ccc(Cl)c(NC(=O)C(C#N)C(C)C)c1. The Kier molecular flexibility index (Phi) is 4.53. The number of nitrogens with one attached hydrogen (secondary N) is 1. The molecule has 1 rings (SSSR count). The van der Waals surface area contributed by atoms with Crippen molar-refractivity contribution in [3.8, 4) is 6.07 Å². The summed E-state index contributed by atoms with van der Waals surface area (Å²) in [5, 5.41) is 12.1. The first-order valence-corrected chi connectivity index (χ1v) is 5.80. The van der Waals surface area contributed by atoms with Gasteiger partial charge in [-0.05, 0) is 30.5 Å². The second-order valence-corrected chi connectivity index (χ2v) is 4.73. The van der Waals surface area contributed by atoms with Crippen molar-refractivity contribution in [2.75, 3.05) is 5.32 Å². The van der Waals surface area contributed by atoms with Crippen molar-refractivity contribution in [1.29, 1.82) is 5.26 Å². The molecule has 1 aromatic carbocycles. The van der Waals surface area contributed by atoms with Crippen molar-refractivity contribution in [3.05, 3.63) is 28.8 Å². The van der Waals surface area contributed by atoms with Gasteiger partial charge in [0.25, 0.3) is 0 Å². The van der Waals surface area contributed by atoms with Crippen LogP contribution in [0.1, 0.15) is 19.4 Å². The molecular weight excluding hydrogens is 236 g/mol. The normalized spacial score (nSPS) is 12.0. The van der Waals surface area contributed by atoms with Crippen LogP contribution in [0.5, 0.6) is 0 Å². The van der Waals surface area contributed by atoms with E-state index < -0.39 is 5.92 Å². The Morgan fingerprint density at radius 3 is 2.65 bits per heavy atom. The Balaban J connectivity index is 2.88. The number of hydrogen-bond acceptors (Lipinski definition) is 2. The second-order valence-electron chi connectivity index (χ2n) is 4.32. The molecular formula is C13H15ClN2O. The zero-order valence-electron chi connectivity index (χ0n) is 10.1. The Bertz CT molecular complexity index is 463. The molecule has 1 aromatic rings. The average Bonchev–Trinajstić information content (AvgIpc) is 2.24. The minimum atomic E-state index is -0.661. The van der Waals surface area contributed by atoms with Crippen LogP contribution in [0, 0.1) is 30.1 Å². The van der Waals surface area contributed by atoms with Crippen LogP contribution in [-0.2, 0) is 4.79 Å². The lowest BCUT2D eigenvalue weighted by atomic mass is 9.96. The Morgan fingerprint density at radius 1 is 1.47 bits per heavy atom. The number of carbonyl (C=O) groups excluding carboxylic acids is 1. The predicted octanol–water partition coefficient (Wildman–Crippen LogP) is 3.38. The molecule has 0 fully saturated rings. The number of amides is 1. The molecule has 0 aliphatic heterocycles. The number of anilines is 1. The topological polar surface area (TPSA) is 52.9 Å². The third-order valence-corrected chi connectivity index (χ3v) is 2.80. The van der Waals surface area contributed by atoms with Gasteiger partial charge in [-0.25, -0.2) is 0 Å². The van der Waals surface area contributed by atoms with E-state index in [1.807, 2.05) is 32.9 Å². The van der Waals surface area contributed by atoms with E-state index in [-0.39, 0.29) is 11.8 Å². The van der Waals surface area contributed by atoms with Crippen LogP contribution in [0.15, 0.2) is 18.2 Å². The summed E-state index contributed by atoms with van der Waals surface area (Å²) in [6, 6.07) is 7.38. The standard InChI is InChI=1S/C13H15ClN2O/c1-8(2)10(7-15)13(17)16-12-6-9(3)4-5-11(12)14/h4-6,8,10H,1-3H3,(H,16,17). The lowest BCUT2D eigenvalue weighted by molar-refractivity contribution is -0.119. The molecule has 3 nitrogen and oxygen atoms in total. The Labute approximate surface area is 106 Å². The molecule has 0 bridgehead atoms. The molecule has 4 heteroatoms. The van der Waals surface area contributed by atoms with E-state index in [0.29, 0.717) is 10.7 Å². The molecule has 0 saturated heterocycles. The highest BCUT2D eigenvalue weighted by atomic mass is 35.5. The molecule has 0 radical (unpaired) electrons. The van der Waals surface area contributed by atoms with Crippen molar-refractivity contribution >= 4 is 23.2 Å². The van der Waals surface area contributed by atoms with Crippen LogP contribution in [0.2, 0.25) is 5.02 Å². The Morgan fingerprint density at radius 2 is 2.12 bits per heavy atom. The number of hydrogen-bond donors (Lipinski definition) is 1. The number of nitriles is 1. The minimum Gasteiger partial charge on any atom is -0.324 e. The van der Waals surface area contributed by atoms with Gasteiger partial charge in [0.2, 0.25) is 5.91 Å². The summed E-state index contributed by atoms with van der Waals surface area (Å²) < 4.78 is 0. The third-order valence-electron chi connectivity index (χ3n) is 2.47. The summed E-state index contributed by atoms with van der Waals surface area (Å²) in [5.41, 5.74) is 1.56. The van der Waals surface area contributed by atoms with Crippen LogP contribution < -0.4 is 5.32 Å². The van der Waals surface area contributed by atoms with Crippen molar-refractivity contribution < 1.29 is 4.79 Å². The number of halogens is 1. The van der Waals surface area contributed by atoms with E-state index >= 15 is 0 Å². The van der Waals surface area contributed by atoms with Crippen molar-refractivity contribution in [2.45, 2.75) is 20.8 Å². The van der Waals surface area contributed by atoms with Gasteiger partial charge in [0.05, 0.1) is 16.8 Å². The molecule has 0 aliphatic rings. The molecule has 1 N–H and O–H groups in total. The molecule has 1 amide bonds. The summed E-state index contributed by atoms with van der Waals surface area (Å²) in [6.45, 7) is 5.59. The zero-order chi connectivity index (χ0) is 13.0. The average molecular weight is 251 g/mol. The molecule has 17 heavy (non-hydrogen) atoms. The van der Waals surface area contributed by atoms with Gasteiger partial charge in [-0.15, -0.1) is 0 Å². The number of nitrogens with zero attached hydrogens (tertiary/aromatic N) is 1. The maximum Gasteiger partial charge on any atom is 0.242 e. The highest BCUT2D eigenvalue weighted by molar-refractivity contribution is 6.33. The summed E-state index contributed by atoms with van der Waals surface area (Å²) in [7, 11) is 0. The third kappa shape index (κ3) is 3.47. The second kappa shape index (κ2) is 5.70. The van der Waals surface area contributed by atoms with Crippen LogP contribution in [0.4, 0.5) is 5.69 Å². The van der Waals surface area contributed by atoms with E-state index in [1.54, 1.807) is 12.1 Å². The molecule has 90 valence electrons. The number of aryl methyl sites for hydroxylation is 1. The van der Waals surface area contributed by atoms with Crippen LogP contribution in [0.25, 0.3) is 0 Å². The molecule has 1 atom stereocenters. The quantitative estimate of drug-likeness (QED) is 0.894. The fourth-order valence-electron chi connectivity index (χ4n) is 1.46. The van der Waals surface area contributed by atoms with E-state index in [4.69, 9.17) is 16.9 Å². The fraction of sp³-hybridized carbons (Fsp3) is 0.385. The first-order chi connectivity index (χ1) is 7.95. The first-order valence-electron chi connectivity index (χ1n) is 5.42. The molecule has 0 aromatic heterocycles. The summed E-state index contributed by atoms with van der Waals surface area (Å²) in [4.78, 5) is 11.9. The fourth-order valence-corrected chi connectivity index (χ4v) is 1.62. The maximum atomic E-state index is 11.9. The van der Waals surface area contributed by atoms with E-state index in [0.717, 1.165) is 5.56 Å². The highest BCUT2D eigenvalue weighted by Crippen LogP contribution is 2.24. The number of benzene rings is 1. The van der Waals surface area contributed by atoms with E-state index in [1.165, 1.54) is 0 Å². The lowest BCUT2D eigenvalue weighted by Gasteiger charge is -2.14. The predicted molar refractivity (Wildman–Crippen MR) is 68.8 cm³/mol. The summed E-state index contributed by atoms with van der Waals surface area (Å²) in [5.74, 6) is -0.995. The van der Waals surface area contributed by atoms with Gasteiger partial charge in [-0.2, -0.15) is 5.26 Å². The molecule has 0 heterocycles. The molecule has 0 saturated carbocycles. The minimum absolute atomic E-state index is 0.0245. The van der Waals surface area contributed by atoms with Crippen molar-refractivity contribution in [3.63, 3.8) is 0 Å². The molecule has 0 aliphatic carbocycles. The van der Waals surface area contributed by atoms with Gasteiger partial charge in [-0.1, -0.05) is 31.5 Å². The van der Waals surface area contributed by atoms with Crippen LogP contribution in [0.3, 0.4) is 0 Å². The van der Waals surface area contributed by atoms with Gasteiger partial charge in [-0.3, -0.25) is 4.79 Å². The van der Waals surface area contributed by atoms with Crippen LogP contribution >= 0.6 is 11.6 Å². The van der Waals surface area contributed by atoms with Crippen molar-refractivity contribution in [1.82, 2.24) is 0 Å². The number of rotatable bonds is 3. The van der Waals surface area contributed by atoms with Crippen molar-refractivity contribution in [2.24, 2.45) is 11.8 Å². The van der Waals surface area contributed by atoms with Gasteiger partial charge in [0, 0.05) is 0 Å². The smallest absolute Gasteiger partial charge is 0.242 e. The lowest BCUT2D eigenvalue weighted by Crippen LogP contribution is -2.25. The van der Waals surface area contributed by atoms with Crippen LogP contribution in [-0.4, -0.2) is 5.91 Å². The number of carbonyl (C=O) groups is 1. The highest BCUT2D eigenvalue weighted by Gasteiger charge is 2.22. The van der Waals surface area contributed by atoms with Gasteiger partial charge < -0.3 is 5.32 Å². The van der Waals surface area contributed by atoms with Gasteiger partial charge in [0.15, 0.2) is 0 Å². The largest absolute Gasteiger partial charge is 0.324 e. The van der Waals surface area contributed by atoms with Gasteiger partial charge >= 0.3 is 0 Å². The first kappa shape index (κ1) is 13.5. The summed E-state index contributed by atoms with van der Waals surface area (Å²) in [6.07, 6.45) is 0. The zero-order valence-corrected chi connectivity index (χ0v) is 10.9. The Hall–Kier alpha value is -1.53. The molecule has 0 spiro atoms. The summed E-state index contributed by atoms with van der Waals surface area (Å²) >= 11 is 5.97. The monoisotopic (exact) mass is 250 g/mol. The van der Waals surface area contributed by atoms with E-state index in [9.17, 15) is 4.79 Å². The van der Waals surface area contributed by atoms with Gasteiger partial charge in [0.1, 0.15) is 5.92 Å². The maximum absolute atomic E-state index is 11.9. The molecule has 1 unspecified atom stereocenters. The van der Waals surface area contributed by atoms with E-state index in [2.05, 4.69) is 5.32 Å².